The van der Waals surface area contributed by atoms with Crippen LogP contribution in [-0.2, 0) is 4.74 Å². The van der Waals surface area contributed by atoms with E-state index in [9.17, 15) is 0 Å². The summed E-state index contributed by atoms with van der Waals surface area (Å²) in [5.74, 6) is 6.20. The van der Waals surface area contributed by atoms with E-state index in [-0.39, 0.29) is 0 Å². The molecule has 0 saturated heterocycles. The third-order valence-corrected chi connectivity index (χ3v) is 4.49. The van der Waals surface area contributed by atoms with Crippen LogP contribution in [0, 0.1) is 24.7 Å². The Kier molecular flexibility index (Phi) is 5.34. The summed E-state index contributed by atoms with van der Waals surface area (Å²) < 4.78 is 17.5. The van der Waals surface area contributed by atoms with Gasteiger partial charge in [-0.2, -0.15) is 0 Å². The second-order valence-corrected chi connectivity index (χ2v) is 6.32. The first-order chi connectivity index (χ1) is 14.3. The minimum atomic E-state index is -1.00. The Morgan fingerprint density at radius 2 is 0.966 bits per heavy atom. The summed E-state index contributed by atoms with van der Waals surface area (Å²) >= 11 is 0. The normalized spacial score (nSPS) is 12.6. The molecule has 0 aliphatic heterocycles. The molecule has 140 valence electrons. The van der Waals surface area contributed by atoms with E-state index in [1.54, 1.807) is 0 Å². The smallest absolute Gasteiger partial charge is 0.268 e. The maximum atomic E-state index is 5.90. The molecule has 2 atom stereocenters. The zero-order chi connectivity index (χ0) is 20.1. The minimum absolute atomic E-state index is 0.618. The van der Waals surface area contributed by atoms with Gasteiger partial charge in [-0.3, -0.25) is 4.74 Å². The first-order valence-electron chi connectivity index (χ1n) is 9.15. The van der Waals surface area contributed by atoms with E-state index in [1.807, 2.05) is 84.9 Å². The lowest BCUT2D eigenvalue weighted by molar-refractivity contribution is -0.130. The SMILES string of the molecule is C#CC(Oc1cccc2ccccc12)OC(C#C)Oc1cccc2ccccc12. The fraction of sp³-hybridized carbons (Fsp3) is 0.0769. The molecular formula is C26H18O3. The van der Waals surface area contributed by atoms with Crippen LogP contribution >= 0.6 is 0 Å². The molecule has 0 amide bonds. The molecular weight excluding hydrogens is 360 g/mol. The quantitative estimate of drug-likeness (QED) is 0.333. The summed E-state index contributed by atoms with van der Waals surface area (Å²) in [5, 5.41) is 3.96. The van der Waals surface area contributed by atoms with E-state index in [0.29, 0.717) is 11.5 Å². The zero-order valence-electron chi connectivity index (χ0n) is 15.6. The Balaban J connectivity index is 1.54. The molecule has 0 bridgehead atoms. The van der Waals surface area contributed by atoms with Gasteiger partial charge in [-0.1, -0.05) is 72.8 Å². The van der Waals surface area contributed by atoms with Crippen LogP contribution in [0.3, 0.4) is 0 Å². The molecule has 4 rings (SSSR count). The van der Waals surface area contributed by atoms with Crippen molar-refractivity contribution in [2.24, 2.45) is 0 Å². The van der Waals surface area contributed by atoms with Gasteiger partial charge in [-0.25, -0.2) is 0 Å². The molecule has 3 nitrogen and oxygen atoms in total. The van der Waals surface area contributed by atoms with Crippen molar-refractivity contribution < 1.29 is 14.2 Å². The molecule has 0 saturated carbocycles. The van der Waals surface area contributed by atoms with Gasteiger partial charge in [0.05, 0.1) is 0 Å². The monoisotopic (exact) mass is 378 g/mol. The predicted molar refractivity (Wildman–Crippen MR) is 115 cm³/mol. The number of hydrogen-bond donors (Lipinski definition) is 0. The predicted octanol–water partition coefficient (Wildman–Crippen LogP) is 5.39. The molecule has 0 N–H and O–H groups in total. The molecule has 0 aliphatic carbocycles. The molecule has 3 heteroatoms. The highest BCUT2D eigenvalue weighted by Gasteiger charge is 2.18. The average molecular weight is 378 g/mol. The lowest BCUT2D eigenvalue weighted by Crippen LogP contribution is -2.29. The molecule has 0 aromatic heterocycles. The highest BCUT2D eigenvalue weighted by Crippen LogP contribution is 2.28. The number of hydrogen-bond acceptors (Lipinski definition) is 3. The fourth-order valence-electron chi connectivity index (χ4n) is 3.14. The molecule has 0 spiro atoms. The Bertz CT molecular complexity index is 1120. The Morgan fingerprint density at radius 1 is 0.552 bits per heavy atom. The number of ether oxygens (including phenoxy) is 3. The number of rotatable bonds is 6. The van der Waals surface area contributed by atoms with Crippen LogP contribution in [0.4, 0.5) is 0 Å². The molecule has 4 aromatic carbocycles. The minimum Gasteiger partial charge on any atom is -0.453 e. The molecule has 2 unspecified atom stereocenters. The highest BCUT2D eigenvalue weighted by atomic mass is 16.8. The lowest BCUT2D eigenvalue weighted by Gasteiger charge is -2.21. The van der Waals surface area contributed by atoms with Crippen LogP contribution in [0.1, 0.15) is 0 Å². The molecule has 0 fully saturated rings. The number of benzene rings is 4. The second-order valence-electron chi connectivity index (χ2n) is 6.32. The Morgan fingerprint density at radius 3 is 1.41 bits per heavy atom. The van der Waals surface area contributed by atoms with Crippen LogP contribution < -0.4 is 9.47 Å². The summed E-state index contributed by atoms with van der Waals surface area (Å²) in [5.41, 5.74) is 0. The maximum absolute atomic E-state index is 5.90. The van der Waals surface area contributed by atoms with Gasteiger partial charge in [0, 0.05) is 10.8 Å². The van der Waals surface area contributed by atoms with Crippen LogP contribution in [-0.4, -0.2) is 12.6 Å². The lowest BCUT2D eigenvalue weighted by atomic mass is 10.1. The van der Waals surface area contributed by atoms with Crippen molar-refractivity contribution in [3.8, 4) is 36.2 Å². The fourth-order valence-corrected chi connectivity index (χ4v) is 3.14. The van der Waals surface area contributed by atoms with Gasteiger partial charge in [0.2, 0.25) is 0 Å². The van der Waals surface area contributed by atoms with Gasteiger partial charge < -0.3 is 9.47 Å². The van der Waals surface area contributed by atoms with Crippen molar-refractivity contribution in [3.63, 3.8) is 0 Å². The number of terminal acetylenes is 2. The zero-order valence-corrected chi connectivity index (χ0v) is 15.6. The van der Waals surface area contributed by atoms with Crippen LogP contribution in [0.5, 0.6) is 11.5 Å². The highest BCUT2D eigenvalue weighted by molar-refractivity contribution is 5.89. The van der Waals surface area contributed by atoms with Gasteiger partial charge in [0.15, 0.2) is 0 Å². The third kappa shape index (κ3) is 4.01. The molecule has 0 radical (unpaired) electrons. The summed E-state index contributed by atoms with van der Waals surface area (Å²) in [6.45, 7) is 0. The Hall–Kier alpha value is -3.92. The van der Waals surface area contributed by atoms with Gasteiger partial charge in [0.25, 0.3) is 12.6 Å². The maximum Gasteiger partial charge on any atom is 0.268 e. The van der Waals surface area contributed by atoms with Gasteiger partial charge >= 0.3 is 0 Å². The molecule has 0 aliphatic rings. The first-order valence-corrected chi connectivity index (χ1v) is 9.15. The van der Waals surface area contributed by atoms with Crippen molar-refractivity contribution in [3.05, 3.63) is 84.9 Å². The largest absolute Gasteiger partial charge is 0.453 e. The van der Waals surface area contributed by atoms with Gasteiger partial charge in [0.1, 0.15) is 11.5 Å². The Labute approximate surface area is 169 Å². The third-order valence-electron chi connectivity index (χ3n) is 4.49. The molecule has 0 heterocycles. The van der Waals surface area contributed by atoms with E-state index in [4.69, 9.17) is 27.1 Å². The van der Waals surface area contributed by atoms with Crippen molar-refractivity contribution in [2.45, 2.75) is 12.6 Å². The van der Waals surface area contributed by atoms with Crippen molar-refractivity contribution in [1.29, 1.82) is 0 Å². The van der Waals surface area contributed by atoms with Crippen LogP contribution in [0.2, 0.25) is 0 Å². The van der Waals surface area contributed by atoms with Crippen molar-refractivity contribution in [1.82, 2.24) is 0 Å². The van der Waals surface area contributed by atoms with Crippen LogP contribution in [0.25, 0.3) is 21.5 Å². The standard InChI is InChI=1S/C26H18O3/c1-3-25(27-23-17-9-13-19-11-5-7-15-21(19)23)29-26(4-2)28-24-18-10-14-20-12-6-8-16-22(20)24/h1-2,5-18,25-26H. The average Bonchev–Trinajstić information content (AvgIpc) is 2.78. The molecule has 4 aromatic rings. The van der Waals surface area contributed by atoms with E-state index in [2.05, 4.69) is 11.8 Å². The first kappa shape index (κ1) is 18.4. The van der Waals surface area contributed by atoms with Crippen molar-refractivity contribution >= 4 is 21.5 Å². The van der Waals surface area contributed by atoms with E-state index in [0.717, 1.165) is 21.5 Å². The summed E-state index contributed by atoms with van der Waals surface area (Å²) in [4.78, 5) is 0. The second kappa shape index (κ2) is 8.40. The summed E-state index contributed by atoms with van der Waals surface area (Å²) in [7, 11) is 0. The van der Waals surface area contributed by atoms with Crippen LogP contribution in [0.15, 0.2) is 84.9 Å². The van der Waals surface area contributed by atoms with E-state index in [1.165, 1.54) is 0 Å². The summed E-state index contributed by atoms with van der Waals surface area (Å²) in [6.07, 6.45) is 9.25. The van der Waals surface area contributed by atoms with Gasteiger partial charge in [-0.05, 0) is 34.7 Å². The topological polar surface area (TPSA) is 27.7 Å². The van der Waals surface area contributed by atoms with E-state index >= 15 is 0 Å². The number of fused-ring (bicyclic) bond motifs is 2. The van der Waals surface area contributed by atoms with Gasteiger partial charge in [-0.15, -0.1) is 12.8 Å². The van der Waals surface area contributed by atoms with E-state index < -0.39 is 12.6 Å². The molecule has 29 heavy (non-hydrogen) atoms. The summed E-state index contributed by atoms with van der Waals surface area (Å²) in [6, 6.07) is 27.2. The van der Waals surface area contributed by atoms with Crippen molar-refractivity contribution in [2.75, 3.05) is 0 Å².